The molecule has 3 rings (SSSR count). The molecule has 1 aliphatic carbocycles. The molecule has 1 aliphatic rings. The van der Waals surface area contributed by atoms with Crippen molar-refractivity contribution in [1.82, 2.24) is 10.6 Å². The highest BCUT2D eigenvalue weighted by molar-refractivity contribution is 5.79. The second-order valence-electron chi connectivity index (χ2n) is 7.82. The predicted octanol–water partition coefficient (Wildman–Crippen LogP) is 2.90. The van der Waals surface area contributed by atoms with Gasteiger partial charge in [0.25, 0.3) is 5.91 Å². The van der Waals surface area contributed by atoms with Crippen LogP contribution in [0.25, 0.3) is 0 Å². The summed E-state index contributed by atoms with van der Waals surface area (Å²) in [6, 6.07) is 13.8. The van der Waals surface area contributed by atoms with E-state index in [-0.39, 0.29) is 6.61 Å². The summed E-state index contributed by atoms with van der Waals surface area (Å²) >= 11 is 0. The fraction of sp³-hybridized carbons (Fsp3) is 0.417. The van der Waals surface area contributed by atoms with Gasteiger partial charge >= 0.3 is 0 Å². The molecule has 2 aromatic rings. The van der Waals surface area contributed by atoms with Gasteiger partial charge in [-0.3, -0.25) is 4.79 Å². The summed E-state index contributed by atoms with van der Waals surface area (Å²) in [5.74, 6) is 2.47. The third kappa shape index (κ3) is 7.85. The lowest BCUT2D eigenvalue weighted by Crippen LogP contribution is -2.36. The maximum Gasteiger partial charge on any atom is 0.255 e. The van der Waals surface area contributed by atoms with Crippen LogP contribution in [0.3, 0.4) is 0 Å². The first-order valence-corrected chi connectivity index (χ1v) is 10.8. The molecule has 31 heavy (non-hydrogen) atoms. The van der Waals surface area contributed by atoms with E-state index >= 15 is 0 Å². The summed E-state index contributed by atoms with van der Waals surface area (Å²) in [5.41, 5.74) is 8.41. The number of aliphatic imine (C=N–C) groups is 1. The molecule has 166 valence electrons. The van der Waals surface area contributed by atoms with Crippen molar-refractivity contribution in [3.05, 3.63) is 59.2 Å². The highest BCUT2D eigenvalue weighted by Gasteiger charge is 2.22. The van der Waals surface area contributed by atoms with Crippen molar-refractivity contribution < 1.29 is 14.3 Å². The molecular formula is C24H32N4O3. The maximum atomic E-state index is 10.9. The van der Waals surface area contributed by atoms with Crippen LogP contribution in [0.4, 0.5) is 0 Å². The van der Waals surface area contributed by atoms with Gasteiger partial charge in [0.15, 0.2) is 12.6 Å². The van der Waals surface area contributed by atoms with Crippen molar-refractivity contribution in [3.63, 3.8) is 0 Å². The van der Waals surface area contributed by atoms with E-state index in [1.807, 2.05) is 25.1 Å². The Kier molecular flexibility index (Phi) is 8.15. The number of benzene rings is 2. The summed E-state index contributed by atoms with van der Waals surface area (Å²) < 4.78 is 11.4. The molecule has 0 radical (unpaired) electrons. The van der Waals surface area contributed by atoms with E-state index in [9.17, 15) is 4.79 Å². The van der Waals surface area contributed by atoms with Gasteiger partial charge in [-0.15, -0.1) is 0 Å². The Morgan fingerprint density at radius 2 is 2.00 bits per heavy atom. The molecule has 7 nitrogen and oxygen atoms in total. The van der Waals surface area contributed by atoms with E-state index in [1.54, 1.807) is 6.07 Å². The van der Waals surface area contributed by atoms with Crippen LogP contribution in [-0.2, 0) is 17.9 Å². The lowest BCUT2D eigenvalue weighted by Gasteiger charge is -2.15. The first-order valence-electron chi connectivity index (χ1n) is 10.8. The van der Waals surface area contributed by atoms with Crippen LogP contribution >= 0.6 is 0 Å². The summed E-state index contributed by atoms with van der Waals surface area (Å²) in [6.07, 6.45) is 2.54. The van der Waals surface area contributed by atoms with Crippen molar-refractivity contribution in [2.45, 2.75) is 39.8 Å². The second kappa shape index (κ2) is 11.2. The zero-order chi connectivity index (χ0) is 22.1. The average molecular weight is 425 g/mol. The lowest BCUT2D eigenvalue weighted by molar-refractivity contribution is -0.119. The van der Waals surface area contributed by atoms with E-state index in [4.69, 9.17) is 15.2 Å². The van der Waals surface area contributed by atoms with Gasteiger partial charge in [-0.05, 0) is 61.9 Å². The number of carbonyl (C=O) groups is 1. The molecular weight excluding hydrogens is 392 g/mol. The van der Waals surface area contributed by atoms with Crippen molar-refractivity contribution >= 4 is 11.9 Å². The monoisotopic (exact) mass is 424 g/mol. The molecule has 1 fully saturated rings. The topological polar surface area (TPSA) is 98.0 Å². The van der Waals surface area contributed by atoms with Crippen LogP contribution in [0, 0.1) is 12.8 Å². The summed E-state index contributed by atoms with van der Waals surface area (Å²) in [4.78, 5) is 15.6. The third-order valence-corrected chi connectivity index (χ3v) is 4.88. The number of aryl methyl sites for hydroxylation is 1. The molecule has 0 aliphatic heterocycles. The molecule has 2 aromatic carbocycles. The highest BCUT2D eigenvalue weighted by atomic mass is 16.5. The Morgan fingerprint density at radius 1 is 1.16 bits per heavy atom. The van der Waals surface area contributed by atoms with Gasteiger partial charge in [-0.2, -0.15) is 0 Å². The van der Waals surface area contributed by atoms with Crippen LogP contribution in [0.5, 0.6) is 11.5 Å². The van der Waals surface area contributed by atoms with Crippen LogP contribution in [0.15, 0.2) is 47.5 Å². The minimum atomic E-state index is -0.501. The summed E-state index contributed by atoms with van der Waals surface area (Å²) in [6.45, 7) is 6.61. The van der Waals surface area contributed by atoms with Crippen molar-refractivity contribution in [2.75, 3.05) is 19.8 Å². The number of amides is 1. The number of ether oxygens (including phenoxy) is 2. The van der Waals surface area contributed by atoms with E-state index in [0.717, 1.165) is 36.0 Å². The van der Waals surface area contributed by atoms with Gasteiger partial charge in [0.1, 0.15) is 11.5 Å². The van der Waals surface area contributed by atoms with Crippen LogP contribution in [0.1, 0.15) is 36.5 Å². The molecule has 0 unspecified atom stereocenters. The van der Waals surface area contributed by atoms with Crippen molar-refractivity contribution in [2.24, 2.45) is 16.6 Å². The Labute approximate surface area is 184 Å². The Morgan fingerprint density at radius 3 is 2.74 bits per heavy atom. The normalized spacial score (nSPS) is 13.5. The van der Waals surface area contributed by atoms with Gasteiger partial charge in [-0.25, -0.2) is 4.99 Å². The molecule has 0 aromatic heterocycles. The van der Waals surface area contributed by atoms with Crippen LogP contribution in [0.2, 0.25) is 0 Å². The summed E-state index contributed by atoms with van der Waals surface area (Å²) in [7, 11) is 0. The third-order valence-electron chi connectivity index (χ3n) is 4.88. The minimum absolute atomic E-state index is 0.140. The van der Waals surface area contributed by atoms with E-state index in [0.29, 0.717) is 24.8 Å². The molecule has 0 heterocycles. The smallest absolute Gasteiger partial charge is 0.255 e. The highest BCUT2D eigenvalue weighted by Crippen LogP contribution is 2.30. The van der Waals surface area contributed by atoms with Crippen LogP contribution in [-0.4, -0.2) is 31.6 Å². The van der Waals surface area contributed by atoms with Gasteiger partial charge in [0, 0.05) is 18.7 Å². The fourth-order valence-corrected chi connectivity index (χ4v) is 3.01. The van der Waals surface area contributed by atoms with Gasteiger partial charge in [0.05, 0.1) is 13.2 Å². The largest absolute Gasteiger partial charge is 0.493 e. The van der Waals surface area contributed by atoms with Gasteiger partial charge < -0.3 is 25.8 Å². The Balaban J connectivity index is 1.61. The van der Waals surface area contributed by atoms with E-state index in [2.05, 4.69) is 40.7 Å². The number of primary amides is 1. The first kappa shape index (κ1) is 22.5. The van der Waals surface area contributed by atoms with Gasteiger partial charge in [0.2, 0.25) is 0 Å². The lowest BCUT2D eigenvalue weighted by atomic mass is 10.1. The van der Waals surface area contributed by atoms with Crippen molar-refractivity contribution in [1.29, 1.82) is 0 Å². The molecule has 7 heteroatoms. The number of guanidine groups is 1. The second-order valence-corrected chi connectivity index (χ2v) is 7.82. The van der Waals surface area contributed by atoms with Crippen molar-refractivity contribution in [3.8, 4) is 11.5 Å². The quantitative estimate of drug-likeness (QED) is 0.381. The molecule has 0 saturated heterocycles. The number of nitrogens with two attached hydrogens (primary N) is 1. The van der Waals surface area contributed by atoms with Crippen LogP contribution < -0.4 is 25.8 Å². The summed E-state index contributed by atoms with van der Waals surface area (Å²) in [5, 5.41) is 6.67. The predicted molar refractivity (Wildman–Crippen MR) is 122 cm³/mol. The zero-order valence-corrected chi connectivity index (χ0v) is 18.3. The number of rotatable bonds is 11. The molecule has 1 amide bonds. The average Bonchev–Trinajstić information content (AvgIpc) is 3.58. The van der Waals surface area contributed by atoms with E-state index < -0.39 is 5.91 Å². The fourth-order valence-electron chi connectivity index (χ4n) is 3.01. The van der Waals surface area contributed by atoms with Gasteiger partial charge in [-0.1, -0.05) is 24.3 Å². The first-order chi connectivity index (χ1) is 15.0. The number of hydrogen-bond acceptors (Lipinski definition) is 4. The molecule has 0 atom stereocenters. The number of carbonyl (C=O) groups excluding carboxylic acids is 1. The molecule has 1 saturated carbocycles. The molecule has 0 spiro atoms. The molecule has 4 N–H and O–H groups in total. The van der Waals surface area contributed by atoms with E-state index in [1.165, 1.54) is 18.4 Å². The number of hydrogen-bond donors (Lipinski definition) is 3. The minimum Gasteiger partial charge on any atom is -0.493 e. The molecule has 0 bridgehead atoms. The Hall–Kier alpha value is -3.22. The maximum absolute atomic E-state index is 10.9. The SMILES string of the molecule is CCNC(=NCc1cccc(OCC(N)=O)c1)NCc1ccc(C)cc1OCC1CC1. The zero-order valence-electron chi connectivity index (χ0n) is 18.3. The standard InChI is InChI=1S/C24H32N4O3/c1-3-26-24(27-13-19-5-4-6-21(12-19)30-16-23(25)29)28-14-20-10-7-17(2)11-22(20)31-15-18-8-9-18/h4-7,10-12,18H,3,8-9,13-16H2,1-2H3,(H2,25,29)(H2,26,27,28). The number of nitrogens with zero attached hydrogens (tertiary/aromatic N) is 1. The number of nitrogens with one attached hydrogen (secondary N) is 2. The Bertz CT molecular complexity index is 909.